The second-order valence-electron chi connectivity index (χ2n) is 4.84. The molecule has 2 aromatic heterocycles. The molecule has 21 heavy (non-hydrogen) atoms. The highest BCUT2D eigenvalue weighted by atomic mass is 16.3. The predicted octanol–water partition coefficient (Wildman–Crippen LogP) is 3.00. The second kappa shape index (κ2) is 4.90. The summed E-state index contributed by atoms with van der Waals surface area (Å²) in [5, 5.41) is 9.53. The van der Waals surface area contributed by atoms with Crippen molar-refractivity contribution in [3.63, 3.8) is 0 Å². The van der Waals surface area contributed by atoms with E-state index in [0.717, 1.165) is 6.29 Å². The van der Waals surface area contributed by atoms with Gasteiger partial charge in [0.25, 0.3) is 0 Å². The number of hydrogen-bond acceptors (Lipinski definition) is 3. The molecule has 3 rings (SSSR count). The molecule has 0 atom stereocenters. The van der Waals surface area contributed by atoms with Crippen molar-refractivity contribution in [3.05, 3.63) is 71.0 Å². The number of carbonyl (C=O) groups excluding carboxylic acids is 2. The van der Waals surface area contributed by atoms with Gasteiger partial charge in [-0.3, -0.25) is 9.59 Å². The van der Waals surface area contributed by atoms with Gasteiger partial charge in [0.1, 0.15) is 5.75 Å². The SMILES string of the molecule is Cc1c(C(=O)c2cccc(O)c2)c2ccccn2c1C=O. The standard InChI is InChI=1S/C17H13NO3/c1-11-15(10-19)18-8-3-2-7-14(18)16(11)17(21)12-5-4-6-13(20)9-12/h2-10,20H,1H3. The first kappa shape index (κ1) is 13.1. The van der Waals surface area contributed by atoms with Crippen molar-refractivity contribution >= 4 is 17.6 Å². The number of pyridine rings is 1. The summed E-state index contributed by atoms with van der Waals surface area (Å²) >= 11 is 0. The normalized spacial score (nSPS) is 10.7. The molecule has 0 aliphatic carbocycles. The van der Waals surface area contributed by atoms with Crippen molar-refractivity contribution in [1.82, 2.24) is 4.40 Å². The van der Waals surface area contributed by atoms with Crippen molar-refractivity contribution in [2.24, 2.45) is 0 Å². The number of fused-ring (bicyclic) bond motifs is 1. The molecule has 0 saturated carbocycles. The lowest BCUT2D eigenvalue weighted by Gasteiger charge is -2.02. The zero-order chi connectivity index (χ0) is 15.0. The zero-order valence-electron chi connectivity index (χ0n) is 11.4. The highest BCUT2D eigenvalue weighted by Gasteiger charge is 2.21. The first-order valence-electron chi connectivity index (χ1n) is 6.52. The fourth-order valence-electron chi connectivity index (χ4n) is 2.58. The van der Waals surface area contributed by atoms with Crippen LogP contribution >= 0.6 is 0 Å². The lowest BCUT2D eigenvalue weighted by molar-refractivity contribution is 0.103. The smallest absolute Gasteiger partial charge is 0.195 e. The molecule has 2 heterocycles. The van der Waals surface area contributed by atoms with E-state index in [4.69, 9.17) is 0 Å². The number of nitrogens with zero attached hydrogens (tertiary/aromatic N) is 1. The molecular weight excluding hydrogens is 266 g/mol. The maximum atomic E-state index is 12.7. The fraction of sp³-hybridized carbons (Fsp3) is 0.0588. The Morgan fingerprint density at radius 3 is 2.71 bits per heavy atom. The van der Waals surface area contributed by atoms with Crippen LogP contribution in [0.4, 0.5) is 0 Å². The Bertz CT molecular complexity index is 862. The van der Waals surface area contributed by atoms with Gasteiger partial charge < -0.3 is 9.51 Å². The lowest BCUT2D eigenvalue weighted by atomic mass is 10.00. The molecule has 3 aromatic rings. The van der Waals surface area contributed by atoms with Gasteiger partial charge in [0.05, 0.1) is 16.8 Å². The van der Waals surface area contributed by atoms with Gasteiger partial charge in [-0.05, 0) is 36.8 Å². The quantitative estimate of drug-likeness (QED) is 0.592. The summed E-state index contributed by atoms with van der Waals surface area (Å²) in [6.45, 7) is 1.76. The average Bonchev–Trinajstić information content (AvgIpc) is 2.78. The van der Waals surface area contributed by atoms with Crippen molar-refractivity contribution in [3.8, 4) is 5.75 Å². The van der Waals surface area contributed by atoms with Gasteiger partial charge in [-0.1, -0.05) is 18.2 Å². The van der Waals surface area contributed by atoms with Crippen LogP contribution in [0, 0.1) is 6.92 Å². The van der Waals surface area contributed by atoms with Gasteiger partial charge in [0.15, 0.2) is 12.1 Å². The average molecular weight is 279 g/mol. The zero-order valence-corrected chi connectivity index (χ0v) is 11.4. The molecule has 1 aromatic carbocycles. The number of aldehydes is 1. The number of aromatic nitrogens is 1. The van der Waals surface area contributed by atoms with Crippen LogP contribution in [0.5, 0.6) is 5.75 Å². The number of carbonyl (C=O) groups is 2. The number of benzene rings is 1. The summed E-state index contributed by atoms with van der Waals surface area (Å²) in [6, 6.07) is 11.6. The van der Waals surface area contributed by atoms with E-state index in [1.165, 1.54) is 12.1 Å². The lowest BCUT2D eigenvalue weighted by Crippen LogP contribution is -2.02. The Morgan fingerprint density at radius 1 is 1.19 bits per heavy atom. The molecule has 0 radical (unpaired) electrons. The highest BCUT2D eigenvalue weighted by Crippen LogP contribution is 2.25. The van der Waals surface area contributed by atoms with Gasteiger partial charge in [0, 0.05) is 11.8 Å². The van der Waals surface area contributed by atoms with Crippen LogP contribution in [-0.2, 0) is 0 Å². The Morgan fingerprint density at radius 2 is 2.00 bits per heavy atom. The van der Waals surface area contributed by atoms with Gasteiger partial charge >= 0.3 is 0 Å². The Hall–Kier alpha value is -2.88. The molecule has 0 spiro atoms. The van der Waals surface area contributed by atoms with Crippen LogP contribution in [0.2, 0.25) is 0 Å². The minimum atomic E-state index is -0.208. The third-order valence-corrected chi connectivity index (χ3v) is 3.58. The number of rotatable bonds is 3. The minimum absolute atomic E-state index is 0.0395. The van der Waals surface area contributed by atoms with Crippen LogP contribution in [0.1, 0.15) is 32.0 Å². The van der Waals surface area contributed by atoms with Crippen molar-refractivity contribution in [1.29, 1.82) is 0 Å². The highest BCUT2D eigenvalue weighted by molar-refractivity contribution is 6.15. The molecule has 0 unspecified atom stereocenters. The molecule has 0 amide bonds. The largest absolute Gasteiger partial charge is 0.508 e. The number of ketones is 1. The summed E-state index contributed by atoms with van der Waals surface area (Å²) in [7, 11) is 0. The fourth-order valence-corrected chi connectivity index (χ4v) is 2.58. The molecule has 0 aliphatic heterocycles. The second-order valence-corrected chi connectivity index (χ2v) is 4.84. The van der Waals surface area contributed by atoms with Gasteiger partial charge in [-0.25, -0.2) is 0 Å². The van der Waals surface area contributed by atoms with E-state index in [0.29, 0.717) is 27.9 Å². The van der Waals surface area contributed by atoms with Crippen molar-refractivity contribution in [2.75, 3.05) is 0 Å². The topological polar surface area (TPSA) is 58.8 Å². The first-order chi connectivity index (χ1) is 10.1. The van der Waals surface area contributed by atoms with Crippen LogP contribution in [-0.4, -0.2) is 21.6 Å². The van der Waals surface area contributed by atoms with Gasteiger partial charge in [-0.15, -0.1) is 0 Å². The molecule has 0 aliphatic rings. The predicted molar refractivity (Wildman–Crippen MR) is 79.1 cm³/mol. The maximum Gasteiger partial charge on any atom is 0.195 e. The third kappa shape index (κ3) is 2.01. The van der Waals surface area contributed by atoms with Crippen LogP contribution in [0.3, 0.4) is 0 Å². The number of aromatic hydroxyl groups is 1. The minimum Gasteiger partial charge on any atom is -0.508 e. The van der Waals surface area contributed by atoms with E-state index in [2.05, 4.69) is 0 Å². The molecule has 1 N–H and O–H groups in total. The van der Waals surface area contributed by atoms with Crippen molar-refractivity contribution < 1.29 is 14.7 Å². The molecule has 104 valence electrons. The number of phenols is 1. The van der Waals surface area contributed by atoms with Crippen LogP contribution in [0.15, 0.2) is 48.7 Å². The summed E-state index contributed by atoms with van der Waals surface area (Å²) in [4.78, 5) is 24.0. The van der Waals surface area contributed by atoms with Crippen LogP contribution < -0.4 is 0 Å². The molecular formula is C17H13NO3. The Kier molecular flexibility index (Phi) is 3.06. The maximum absolute atomic E-state index is 12.7. The number of hydrogen-bond donors (Lipinski definition) is 1. The third-order valence-electron chi connectivity index (χ3n) is 3.58. The Balaban J connectivity index is 2.28. The first-order valence-corrected chi connectivity index (χ1v) is 6.52. The molecule has 0 saturated heterocycles. The summed E-state index contributed by atoms with van der Waals surface area (Å²) in [6.07, 6.45) is 2.51. The van der Waals surface area contributed by atoms with E-state index in [1.54, 1.807) is 35.7 Å². The van der Waals surface area contributed by atoms with E-state index in [1.807, 2.05) is 12.1 Å². The summed E-state index contributed by atoms with van der Waals surface area (Å²) in [5.74, 6) is -0.169. The van der Waals surface area contributed by atoms with E-state index in [9.17, 15) is 14.7 Å². The van der Waals surface area contributed by atoms with Crippen molar-refractivity contribution in [2.45, 2.75) is 6.92 Å². The van der Waals surface area contributed by atoms with E-state index in [-0.39, 0.29) is 11.5 Å². The van der Waals surface area contributed by atoms with Gasteiger partial charge in [-0.2, -0.15) is 0 Å². The molecule has 4 heteroatoms. The number of phenolic OH excluding ortho intramolecular Hbond substituents is 1. The van der Waals surface area contributed by atoms with E-state index >= 15 is 0 Å². The monoisotopic (exact) mass is 279 g/mol. The molecule has 4 nitrogen and oxygen atoms in total. The summed E-state index contributed by atoms with van der Waals surface area (Å²) < 4.78 is 1.71. The van der Waals surface area contributed by atoms with Gasteiger partial charge in [0.2, 0.25) is 0 Å². The summed E-state index contributed by atoms with van der Waals surface area (Å²) in [5.41, 5.74) is 2.68. The van der Waals surface area contributed by atoms with E-state index < -0.39 is 0 Å². The molecule has 0 fully saturated rings. The Labute approximate surface area is 121 Å². The van der Waals surface area contributed by atoms with Crippen LogP contribution in [0.25, 0.3) is 5.52 Å². The molecule has 0 bridgehead atoms.